The fourth-order valence-electron chi connectivity index (χ4n) is 0.838. The molecule has 3 N–H and O–H groups in total. The Morgan fingerprint density at radius 1 is 1.25 bits per heavy atom. The lowest BCUT2D eigenvalue weighted by molar-refractivity contribution is 0.388. The number of likely N-dealkylation sites (N-methyl/N-ethyl adjacent to an activating group) is 1. The fourth-order valence-corrected chi connectivity index (χ4v) is 0.838. The maximum atomic E-state index is 5.83. The van der Waals surface area contributed by atoms with Gasteiger partial charge in [0.15, 0.2) is 0 Å². The van der Waals surface area contributed by atoms with Crippen LogP contribution in [0.25, 0.3) is 0 Å². The molecule has 0 aromatic rings. The molecule has 0 atom stereocenters. The van der Waals surface area contributed by atoms with Crippen molar-refractivity contribution in [3.8, 4) is 0 Å². The Kier molecular flexibility index (Phi) is 5.46. The van der Waals surface area contributed by atoms with Gasteiger partial charge in [0.25, 0.3) is 0 Å². The minimum Gasteiger partial charge on any atom is -0.326 e. The Hall–Kier alpha value is -0.120. The Balaban J connectivity index is 3.12. The van der Waals surface area contributed by atoms with Crippen LogP contribution in [-0.4, -0.2) is 44.2 Å². The molecule has 0 spiro atoms. The minimum absolute atomic E-state index is 0.0366. The highest BCUT2D eigenvalue weighted by Crippen LogP contribution is 2.00. The summed E-state index contributed by atoms with van der Waals surface area (Å²) in [5.41, 5.74) is 5.79. The smallest absolute Gasteiger partial charge is 0.0109 e. The third-order valence-corrected chi connectivity index (χ3v) is 1.68. The zero-order valence-electron chi connectivity index (χ0n) is 8.85. The number of hydrogen-bond donors (Lipinski definition) is 2. The first kappa shape index (κ1) is 11.9. The van der Waals surface area contributed by atoms with Crippen molar-refractivity contribution in [3.05, 3.63) is 0 Å². The molecule has 0 aliphatic rings. The van der Waals surface area contributed by atoms with E-state index in [1.165, 1.54) is 0 Å². The number of rotatable bonds is 6. The van der Waals surface area contributed by atoms with Crippen LogP contribution in [0.3, 0.4) is 0 Å². The van der Waals surface area contributed by atoms with Gasteiger partial charge in [0.2, 0.25) is 0 Å². The summed E-state index contributed by atoms with van der Waals surface area (Å²) in [6.07, 6.45) is 1.03. The molecule has 0 rings (SSSR count). The summed E-state index contributed by atoms with van der Waals surface area (Å²) in [6, 6.07) is 0. The molecule has 3 nitrogen and oxygen atoms in total. The topological polar surface area (TPSA) is 41.3 Å². The van der Waals surface area contributed by atoms with Crippen molar-refractivity contribution in [3.63, 3.8) is 0 Å². The van der Waals surface area contributed by atoms with Crippen LogP contribution in [-0.2, 0) is 0 Å². The van der Waals surface area contributed by atoms with E-state index in [0.29, 0.717) is 0 Å². The Morgan fingerprint density at radius 3 is 2.25 bits per heavy atom. The van der Waals surface area contributed by atoms with Gasteiger partial charge in [0.1, 0.15) is 0 Å². The van der Waals surface area contributed by atoms with Gasteiger partial charge in [-0.3, -0.25) is 0 Å². The Bertz CT molecular complexity index is 105. The van der Waals surface area contributed by atoms with Crippen molar-refractivity contribution in [1.82, 2.24) is 10.2 Å². The zero-order valence-corrected chi connectivity index (χ0v) is 8.85. The van der Waals surface area contributed by atoms with Gasteiger partial charge in [0, 0.05) is 18.6 Å². The van der Waals surface area contributed by atoms with E-state index in [9.17, 15) is 0 Å². The zero-order chi connectivity index (χ0) is 9.61. The lowest BCUT2D eigenvalue weighted by Gasteiger charge is -2.18. The molecule has 0 aliphatic carbocycles. The van der Waals surface area contributed by atoms with E-state index in [4.69, 9.17) is 5.73 Å². The van der Waals surface area contributed by atoms with Crippen molar-refractivity contribution in [2.24, 2.45) is 5.73 Å². The second-order valence-corrected chi connectivity index (χ2v) is 4.29. The van der Waals surface area contributed by atoms with E-state index < -0.39 is 0 Å². The molecule has 0 unspecified atom stereocenters. The highest BCUT2D eigenvalue weighted by molar-refractivity contribution is 4.72. The Morgan fingerprint density at radius 2 is 1.83 bits per heavy atom. The molecule has 0 radical (unpaired) electrons. The molecule has 0 amide bonds. The second kappa shape index (κ2) is 5.51. The summed E-state index contributed by atoms with van der Waals surface area (Å²) in [5, 5.41) is 3.35. The normalized spacial score (nSPS) is 12.5. The van der Waals surface area contributed by atoms with Crippen molar-refractivity contribution in [2.75, 3.05) is 33.7 Å². The number of hydrogen-bond acceptors (Lipinski definition) is 3. The lowest BCUT2D eigenvalue weighted by Crippen LogP contribution is -2.37. The van der Waals surface area contributed by atoms with Gasteiger partial charge < -0.3 is 16.0 Å². The van der Waals surface area contributed by atoms with Crippen molar-refractivity contribution in [1.29, 1.82) is 0 Å². The molecule has 0 heterocycles. The van der Waals surface area contributed by atoms with Gasteiger partial charge in [0.05, 0.1) is 0 Å². The van der Waals surface area contributed by atoms with Gasteiger partial charge in [-0.2, -0.15) is 0 Å². The first-order chi connectivity index (χ1) is 5.42. The summed E-state index contributed by atoms with van der Waals surface area (Å²) >= 11 is 0. The summed E-state index contributed by atoms with van der Waals surface area (Å²) in [5.74, 6) is 0. The summed E-state index contributed by atoms with van der Waals surface area (Å²) in [4.78, 5) is 2.17. The van der Waals surface area contributed by atoms with Crippen LogP contribution in [0.4, 0.5) is 0 Å². The molecule has 0 aromatic heterocycles. The quantitative estimate of drug-likeness (QED) is 0.566. The van der Waals surface area contributed by atoms with E-state index in [0.717, 1.165) is 26.1 Å². The molecule has 3 heteroatoms. The molecule has 74 valence electrons. The standard InChI is InChI=1S/C9H23N3/c1-9(2,10)5-6-11-7-8-12(3)4/h11H,5-8,10H2,1-4H3. The Labute approximate surface area is 76.3 Å². The van der Waals surface area contributed by atoms with Crippen LogP contribution in [0.5, 0.6) is 0 Å². The maximum Gasteiger partial charge on any atom is 0.0109 e. The van der Waals surface area contributed by atoms with Gasteiger partial charge in [-0.15, -0.1) is 0 Å². The molecule has 0 saturated heterocycles. The molecular formula is C9H23N3. The third kappa shape index (κ3) is 9.88. The average molecular weight is 173 g/mol. The highest BCUT2D eigenvalue weighted by Gasteiger charge is 2.08. The summed E-state index contributed by atoms with van der Waals surface area (Å²) in [6.45, 7) is 7.26. The van der Waals surface area contributed by atoms with Crippen LogP contribution in [0.1, 0.15) is 20.3 Å². The average Bonchev–Trinajstić information content (AvgIpc) is 1.83. The summed E-state index contributed by atoms with van der Waals surface area (Å²) < 4.78 is 0. The molecule has 0 bridgehead atoms. The van der Waals surface area contributed by atoms with Crippen LogP contribution in [0, 0.1) is 0 Å². The van der Waals surface area contributed by atoms with Crippen molar-refractivity contribution in [2.45, 2.75) is 25.8 Å². The molecule has 0 saturated carbocycles. The molecule has 0 aliphatic heterocycles. The predicted molar refractivity (Wildman–Crippen MR) is 54.3 cm³/mol. The molecular weight excluding hydrogens is 150 g/mol. The van der Waals surface area contributed by atoms with Crippen LogP contribution in [0.15, 0.2) is 0 Å². The number of nitrogens with two attached hydrogens (primary N) is 1. The summed E-state index contributed by atoms with van der Waals surface area (Å²) in [7, 11) is 4.16. The van der Waals surface area contributed by atoms with E-state index >= 15 is 0 Å². The van der Waals surface area contributed by atoms with E-state index in [1.807, 2.05) is 0 Å². The lowest BCUT2D eigenvalue weighted by atomic mass is 10.0. The monoisotopic (exact) mass is 173 g/mol. The van der Waals surface area contributed by atoms with Crippen LogP contribution >= 0.6 is 0 Å². The molecule has 0 aromatic carbocycles. The van der Waals surface area contributed by atoms with Gasteiger partial charge >= 0.3 is 0 Å². The number of nitrogens with one attached hydrogen (secondary N) is 1. The van der Waals surface area contributed by atoms with Gasteiger partial charge in [-0.1, -0.05) is 0 Å². The molecule has 0 fully saturated rings. The second-order valence-electron chi connectivity index (χ2n) is 4.29. The van der Waals surface area contributed by atoms with E-state index in [-0.39, 0.29) is 5.54 Å². The third-order valence-electron chi connectivity index (χ3n) is 1.68. The van der Waals surface area contributed by atoms with Crippen molar-refractivity contribution >= 4 is 0 Å². The largest absolute Gasteiger partial charge is 0.326 e. The van der Waals surface area contributed by atoms with Crippen LogP contribution < -0.4 is 11.1 Å². The van der Waals surface area contributed by atoms with Gasteiger partial charge in [-0.05, 0) is 40.9 Å². The van der Waals surface area contributed by atoms with E-state index in [2.05, 4.69) is 38.2 Å². The van der Waals surface area contributed by atoms with Crippen molar-refractivity contribution < 1.29 is 0 Å². The van der Waals surface area contributed by atoms with E-state index in [1.54, 1.807) is 0 Å². The highest BCUT2D eigenvalue weighted by atomic mass is 15.1. The van der Waals surface area contributed by atoms with Gasteiger partial charge in [-0.25, -0.2) is 0 Å². The first-order valence-electron chi connectivity index (χ1n) is 4.56. The minimum atomic E-state index is -0.0366. The maximum absolute atomic E-state index is 5.83. The predicted octanol–water partition coefficient (Wildman–Crippen LogP) is 0.265. The SMILES string of the molecule is CN(C)CCNCCC(C)(C)N. The fraction of sp³-hybridized carbons (Fsp3) is 1.00. The molecule has 12 heavy (non-hydrogen) atoms. The number of nitrogens with zero attached hydrogens (tertiary/aromatic N) is 1. The first-order valence-corrected chi connectivity index (χ1v) is 4.56. The van der Waals surface area contributed by atoms with Crippen LogP contribution in [0.2, 0.25) is 0 Å².